The summed E-state index contributed by atoms with van der Waals surface area (Å²) in [5.74, 6) is -1.17. The van der Waals surface area contributed by atoms with Gasteiger partial charge in [-0.05, 0) is 34.5 Å². The first-order valence-corrected chi connectivity index (χ1v) is 6.11. The second-order valence-corrected chi connectivity index (χ2v) is 4.51. The van der Waals surface area contributed by atoms with E-state index >= 15 is 0 Å². The van der Waals surface area contributed by atoms with Gasteiger partial charge in [0.1, 0.15) is 0 Å². The smallest absolute Gasteiger partial charge is 0.305 e. The molecule has 1 aromatic carbocycles. The lowest BCUT2D eigenvalue weighted by molar-refractivity contribution is -0.137. The van der Waals surface area contributed by atoms with Crippen LogP contribution in [-0.4, -0.2) is 23.0 Å². The molecule has 17 heavy (non-hydrogen) atoms. The average molecular weight is 300 g/mol. The van der Waals surface area contributed by atoms with Gasteiger partial charge in [0.05, 0.1) is 12.0 Å². The molecule has 0 aliphatic carbocycles. The average Bonchev–Trinajstić information content (AvgIpc) is 2.27. The molecular weight excluding hydrogens is 286 g/mol. The molecule has 0 radical (unpaired) electrons. The molecule has 0 spiro atoms. The topological polar surface area (TPSA) is 66.4 Å². The van der Waals surface area contributed by atoms with Gasteiger partial charge in [0, 0.05) is 10.5 Å². The molecule has 5 heteroatoms. The van der Waals surface area contributed by atoms with Crippen molar-refractivity contribution in [3.05, 3.63) is 34.3 Å². The summed E-state index contributed by atoms with van der Waals surface area (Å²) in [6.45, 7) is 1.84. The monoisotopic (exact) mass is 299 g/mol. The first-order chi connectivity index (χ1) is 8.04. The highest BCUT2D eigenvalue weighted by atomic mass is 79.9. The maximum absolute atomic E-state index is 11.9. The van der Waals surface area contributed by atoms with Crippen LogP contribution < -0.4 is 5.32 Å². The Morgan fingerprint density at radius 2 is 2.06 bits per heavy atom. The van der Waals surface area contributed by atoms with Crippen molar-refractivity contribution in [2.45, 2.75) is 25.8 Å². The number of carboxylic acid groups (broad SMARTS) is 1. The summed E-state index contributed by atoms with van der Waals surface area (Å²) in [6.07, 6.45) is 0.523. The fourth-order valence-corrected chi connectivity index (χ4v) is 1.88. The molecule has 0 aromatic heterocycles. The Kier molecular flexibility index (Phi) is 5.15. The standard InChI is InChI=1S/C12H14BrNO3/c1-2-8(7-11(15)16)14-12(17)9-5-3-4-6-10(9)13/h3-6,8H,2,7H2,1H3,(H,14,17)(H,15,16). The highest BCUT2D eigenvalue weighted by Crippen LogP contribution is 2.16. The number of nitrogens with one attached hydrogen (secondary N) is 1. The van der Waals surface area contributed by atoms with Crippen molar-refractivity contribution < 1.29 is 14.7 Å². The number of carboxylic acids is 1. The molecule has 1 rings (SSSR count). The largest absolute Gasteiger partial charge is 0.481 e. The lowest BCUT2D eigenvalue weighted by atomic mass is 10.1. The molecular formula is C12H14BrNO3. The predicted molar refractivity (Wildman–Crippen MR) is 67.9 cm³/mol. The number of carbonyl (C=O) groups excluding carboxylic acids is 1. The van der Waals surface area contributed by atoms with Gasteiger partial charge in [0.15, 0.2) is 0 Å². The number of benzene rings is 1. The highest BCUT2D eigenvalue weighted by molar-refractivity contribution is 9.10. The molecule has 1 atom stereocenters. The Hall–Kier alpha value is -1.36. The third-order valence-electron chi connectivity index (χ3n) is 2.37. The van der Waals surface area contributed by atoms with Crippen molar-refractivity contribution in [1.29, 1.82) is 0 Å². The molecule has 1 aromatic rings. The van der Waals surface area contributed by atoms with E-state index < -0.39 is 5.97 Å². The Bertz CT molecular complexity index is 420. The number of aliphatic carboxylic acids is 1. The van der Waals surface area contributed by atoms with Crippen molar-refractivity contribution in [2.75, 3.05) is 0 Å². The van der Waals surface area contributed by atoms with Gasteiger partial charge in [-0.3, -0.25) is 9.59 Å². The fraction of sp³-hybridized carbons (Fsp3) is 0.333. The van der Waals surface area contributed by atoms with Gasteiger partial charge in [0.2, 0.25) is 0 Å². The zero-order valence-electron chi connectivity index (χ0n) is 9.44. The molecule has 0 aliphatic heterocycles. The number of amides is 1. The van der Waals surface area contributed by atoms with E-state index in [9.17, 15) is 9.59 Å². The quantitative estimate of drug-likeness (QED) is 0.877. The molecule has 0 heterocycles. The van der Waals surface area contributed by atoms with Gasteiger partial charge in [0.25, 0.3) is 5.91 Å². The molecule has 0 saturated carbocycles. The molecule has 0 bridgehead atoms. The molecule has 1 unspecified atom stereocenters. The molecule has 92 valence electrons. The third kappa shape index (κ3) is 4.19. The van der Waals surface area contributed by atoms with Gasteiger partial charge < -0.3 is 10.4 Å². The van der Waals surface area contributed by atoms with E-state index in [4.69, 9.17) is 5.11 Å². The molecule has 0 aliphatic rings. The molecule has 0 saturated heterocycles. The second-order valence-electron chi connectivity index (χ2n) is 3.66. The Balaban J connectivity index is 2.71. The summed E-state index contributed by atoms with van der Waals surface area (Å²) in [6, 6.07) is 6.69. The number of hydrogen-bond donors (Lipinski definition) is 2. The van der Waals surface area contributed by atoms with Crippen molar-refractivity contribution in [3.63, 3.8) is 0 Å². The van der Waals surface area contributed by atoms with Crippen molar-refractivity contribution >= 4 is 27.8 Å². The lowest BCUT2D eigenvalue weighted by Crippen LogP contribution is -2.36. The van der Waals surface area contributed by atoms with Gasteiger partial charge in [-0.1, -0.05) is 19.1 Å². The first-order valence-electron chi connectivity index (χ1n) is 5.31. The van der Waals surface area contributed by atoms with E-state index in [1.165, 1.54) is 0 Å². The van der Waals surface area contributed by atoms with Crippen LogP contribution in [-0.2, 0) is 4.79 Å². The van der Waals surface area contributed by atoms with Crippen molar-refractivity contribution in [2.24, 2.45) is 0 Å². The van der Waals surface area contributed by atoms with Crippen LogP contribution in [0.5, 0.6) is 0 Å². The fourth-order valence-electron chi connectivity index (χ4n) is 1.42. The van der Waals surface area contributed by atoms with Crippen LogP contribution in [0.1, 0.15) is 30.1 Å². The summed E-state index contributed by atoms with van der Waals surface area (Å²) in [4.78, 5) is 22.5. The van der Waals surface area contributed by atoms with Crippen LogP contribution in [0.15, 0.2) is 28.7 Å². The zero-order valence-corrected chi connectivity index (χ0v) is 11.0. The molecule has 2 N–H and O–H groups in total. The maximum Gasteiger partial charge on any atom is 0.305 e. The summed E-state index contributed by atoms with van der Waals surface area (Å²) >= 11 is 3.28. The minimum absolute atomic E-state index is 0.0628. The minimum atomic E-state index is -0.913. The van der Waals surface area contributed by atoms with Crippen molar-refractivity contribution in [3.8, 4) is 0 Å². The van der Waals surface area contributed by atoms with E-state index in [2.05, 4.69) is 21.2 Å². The summed E-state index contributed by atoms with van der Waals surface area (Å²) in [5, 5.41) is 11.4. The van der Waals surface area contributed by atoms with Gasteiger partial charge >= 0.3 is 5.97 Å². The van der Waals surface area contributed by atoms with E-state index in [0.29, 0.717) is 16.5 Å². The SMILES string of the molecule is CCC(CC(=O)O)NC(=O)c1ccccc1Br. The first kappa shape index (κ1) is 13.7. The van der Waals surface area contributed by atoms with Crippen LogP contribution in [0.3, 0.4) is 0 Å². The molecule has 0 fully saturated rings. The van der Waals surface area contributed by atoms with Crippen LogP contribution >= 0.6 is 15.9 Å². The third-order valence-corrected chi connectivity index (χ3v) is 3.06. The summed E-state index contributed by atoms with van der Waals surface area (Å²) in [7, 11) is 0. The number of hydrogen-bond acceptors (Lipinski definition) is 2. The predicted octanol–water partition coefficient (Wildman–Crippen LogP) is 2.43. The van der Waals surface area contributed by atoms with E-state index in [1.807, 2.05) is 13.0 Å². The van der Waals surface area contributed by atoms with Gasteiger partial charge in [-0.15, -0.1) is 0 Å². The summed E-state index contributed by atoms with van der Waals surface area (Å²) in [5.41, 5.74) is 0.510. The molecule has 4 nitrogen and oxygen atoms in total. The highest BCUT2D eigenvalue weighted by Gasteiger charge is 2.16. The Morgan fingerprint density at radius 3 is 2.59 bits per heavy atom. The summed E-state index contributed by atoms with van der Waals surface area (Å²) < 4.78 is 0.697. The van der Waals surface area contributed by atoms with E-state index in [-0.39, 0.29) is 18.4 Å². The van der Waals surface area contributed by atoms with Crippen LogP contribution in [0.25, 0.3) is 0 Å². The van der Waals surface area contributed by atoms with Gasteiger partial charge in [-0.25, -0.2) is 0 Å². The van der Waals surface area contributed by atoms with Crippen LogP contribution in [0, 0.1) is 0 Å². The Labute approximate surface area is 108 Å². The van der Waals surface area contributed by atoms with Gasteiger partial charge in [-0.2, -0.15) is 0 Å². The molecule has 1 amide bonds. The van der Waals surface area contributed by atoms with Crippen molar-refractivity contribution in [1.82, 2.24) is 5.32 Å². The normalized spacial score (nSPS) is 11.9. The van der Waals surface area contributed by atoms with E-state index in [1.54, 1.807) is 18.2 Å². The second kappa shape index (κ2) is 6.39. The van der Waals surface area contributed by atoms with Crippen LogP contribution in [0.4, 0.5) is 0 Å². The van der Waals surface area contributed by atoms with Crippen LogP contribution in [0.2, 0.25) is 0 Å². The zero-order chi connectivity index (χ0) is 12.8. The Morgan fingerprint density at radius 1 is 1.41 bits per heavy atom. The lowest BCUT2D eigenvalue weighted by Gasteiger charge is -2.15. The maximum atomic E-state index is 11.9. The number of halogens is 1. The number of carbonyl (C=O) groups is 2. The van der Waals surface area contributed by atoms with E-state index in [0.717, 1.165) is 0 Å². The minimum Gasteiger partial charge on any atom is -0.481 e. The number of rotatable bonds is 5.